The molecule has 3 rings (SSSR count). The number of esters is 1. The van der Waals surface area contributed by atoms with Crippen LogP contribution < -0.4 is 4.74 Å². The first-order valence-corrected chi connectivity index (χ1v) is 13.2. The van der Waals surface area contributed by atoms with Gasteiger partial charge in [0, 0.05) is 0 Å². The van der Waals surface area contributed by atoms with Crippen LogP contribution in [0.1, 0.15) is 87.4 Å². The van der Waals surface area contributed by atoms with Crippen LogP contribution in [-0.2, 0) is 4.74 Å². The molecule has 0 saturated carbocycles. The summed E-state index contributed by atoms with van der Waals surface area (Å²) in [4.78, 5) is 11.8. The van der Waals surface area contributed by atoms with Crippen molar-refractivity contribution in [3.8, 4) is 5.75 Å². The Labute approximate surface area is 205 Å². The van der Waals surface area contributed by atoms with Crippen molar-refractivity contribution in [2.75, 3.05) is 13.2 Å². The lowest BCUT2D eigenvalue weighted by atomic mass is 10.1. The number of hydrogen-bond acceptors (Lipinski definition) is 3. The molecule has 0 heterocycles. The summed E-state index contributed by atoms with van der Waals surface area (Å²) in [5, 5.41) is 2.50. The zero-order valence-corrected chi connectivity index (χ0v) is 20.6. The summed E-state index contributed by atoms with van der Waals surface area (Å²) in [5.74, 6) is 0.768. The third-order valence-corrected chi connectivity index (χ3v) is 6.27. The van der Waals surface area contributed by atoms with Crippen molar-refractivity contribution in [2.24, 2.45) is 0 Å². The Morgan fingerprint density at radius 1 is 0.529 bits per heavy atom. The summed E-state index contributed by atoms with van der Waals surface area (Å²) in [7, 11) is 0. The van der Waals surface area contributed by atoms with Crippen molar-refractivity contribution in [3.05, 3.63) is 78.4 Å². The van der Waals surface area contributed by atoms with E-state index in [1.165, 1.54) is 68.6 Å². The van der Waals surface area contributed by atoms with E-state index < -0.39 is 0 Å². The Balaban J connectivity index is 1.06. The number of carbonyl (C=O) groups excluding carboxylic acids is 1. The van der Waals surface area contributed by atoms with E-state index in [1.807, 2.05) is 18.2 Å². The summed E-state index contributed by atoms with van der Waals surface area (Å²) in [6.07, 6.45) is 15.0. The maximum Gasteiger partial charge on any atom is 0.338 e. The minimum Gasteiger partial charge on any atom is -0.494 e. The lowest BCUT2D eigenvalue weighted by Gasteiger charge is -2.07. The van der Waals surface area contributed by atoms with Gasteiger partial charge in [-0.3, -0.25) is 0 Å². The maximum atomic E-state index is 11.8. The van der Waals surface area contributed by atoms with Gasteiger partial charge < -0.3 is 9.47 Å². The molecule has 0 spiro atoms. The molecule has 0 bridgehead atoms. The van der Waals surface area contributed by atoms with Crippen molar-refractivity contribution in [1.82, 2.24) is 0 Å². The second kappa shape index (κ2) is 15.9. The van der Waals surface area contributed by atoms with Gasteiger partial charge in [-0.2, -0.15) is 0 Å². The second-order valence-corrected chi connectivity index (χ2v) is 9.10. The minimum atomic E-state index is -0.210. The van der Waals surface area contributed by atoms with Gasteiger partial charge in [0.1, 0.15) is 5.75 Å². The van der Waals surface area contributed by atoms with Crippen LogP contribution in [-0.4, -0.2) is 19.2 Å². The van der Waals surface area contributed by atoms with Crippen LogP contribution in [0.5, 0.6) is 5.75 Å². The van der Waals surface area contributed by atoms with Crippen molar-refractivity contribution >= 4 is 16.7 Å². The molecule has 0 aliphatic carbocycles. The second-order valence-electron chi connectivity index (χ2n) is 9.10. The highest BCUT2D eigenvalue weighted by Crippen LogP contribution is 2.21. The highest BCUT2D eigenvalue weighted by molar-refractivity contribution is 5.89. The van der Waals surface area contributed by atoms with Gasteiger partial charge in [-0.05, 0) is 47.9 Å². The van der Waals surface area contributed by atoms with Crippen LogP contribution in [0.4, 0.5) is 0 Å². The molecule has 0 radical (unpaired) electrons. The van der Waals surface area contributed by atoms with Crippen LogP contribution in [0.3, 0.4) is 0 Å². The number of ether oxygens (including phenoxy) is 2. The van der Waals surface area contributed by atoms with Gasteiger partial charge in [-0.1, -0.05) is 113 Å². The zero-order valence-electron chi connectivity index (χ0n) is 20.6. The number of unbranched alkanes of at least 4 members (excludes halogenated alkanes) is 11. The quantitative estimate of drug-likeness (QED) is 0.149. The first-order valence-electron chi connectivity index (χ1n) is 13.2. The van der Waals surface area contributed by atoms with Crippen molar-refractivity contribution < 1.29 is 14.3 Å². The smallest absolute Gasteiger partial charge is 0.338 e. The van der Waals surface area contributed by atoms with Crippen molar-refractivity contribution in [3.63, 3.8) is 0 Å². The van der Waals surface area contributed by atoms with Gasteiger partial charge in [0.15, 0.2) is 0 Å². The van der Waals surface area contributed by atoms with E-state index in [4.69, 9.17) is 9.47 Å². The van der Waals surface area contributed by atoms with Crippen LogP contribution in [0.2, 0.25) is 0 Å². The summed E-state index contributed by atoms with van der Waals surface area (Å²) < 4.78 is 11.3. The molecule has 0 aromatic heterocycles. The van der Waals surface area contributed by atoms with E-state index in [9.17, 15) is 4.79 Å². The maximum absolute atomic E-state index is 11.8. The fourth-order valence-electron chi connectivity index (χ4n) is 4.24. The fourth-order valence-corrected chi connectivity index (χ4v) is 4.24. The Morgan fingerprint density at radius 3 is 1.71 bits per heavy atom. The molecule has 3 heteroatoms. The number of carbonyl (C=O) groups is 1. The number of hydrogen-bond donors (Lipinski definition) is 0. The van der Waals surface area contributed by atoms with Crippen LogP contribution in [0.15, 0.2) is 72.8 Å². The van der Waals surface area contributed by atoms with E-state index in [0.717, 1.165) is 31.6 Å². The molecule has 0 aliphatic rings. The van der Waals surface area contributed by atoms with Gasteiger partial charge >= 0.3 is 5.97 Å². The summed E-state index contributed by atoms with van der Waals surface area (Å²) in [5.41, 5.74) is 0.636. The number of rotatable bonds is 17. The number of fused-ring (bicyclic) bond motifs is 1. The molecular formula is C31H40O3. The first-order chi connectivity index (χ1) is 16.8. The molecule has 0 N–H and O–H groups in total. The topological polar surface area (TPSA) is 35.5 Å². The third kappa shape index (κ3) is 9.99. The van der Waals surface area contributed by atoms with Gasteiger partial charge in [-0.25, -0.2) is 4.79 Å². The van der Waals surface area contributed by atoms with E-state index in [1.54, 1.807) is 12.1 Å². The molecule has 0 aliphatic heterocycles. The molecule has 0 unspecified atom stereocenters. The van der Waals surface area contributed by atoms with Crippen LogP contribution in [0, 0.1) is 0 Å². The van der Waals surface area contributed by atoms with E-state index in [0.29, 0.717) is 12.2 Å². The lowest BCUT2D eigenvalue weighted by Crippen LogP contribution is -2.06. The normalized spacial score (nSPS) is 10.9. The average molecular weight is 461 g/mol. The van der Waals surface area contributed by atoms with Crippen LogP contribution in [0.25, 0.3) is 10.8 Å². The van der Waals surface area contributed by atoms with Crippen LogP contribution >= 0.6 is 0 Å². The molecule has 0 fully saturated rings. The molecule has 0 saturated heterocycles. The standard InChI is InChI=1S/C31H40O3/c32-31(28-19-12-11-13-20-28)34-25-17-10-8-6-4-2-1-3-5-7-9-16-24-33-30-23-22-27-18-14-15-21-29(27)26-30/h11-15,18-23,26H,1-10,16-17,24-25H2. The summed E-state index contributed by atoms with van der Waals surface area (Å²) >= 11 is 0. The molecule has 3 aromatic carbocycles. The monoisotopic (exact) mass is 460 g/mol. The van der Waals surface area contributed by atoms with Gasteiger partial charge in [0.05, 0.1) is 18.8 Å². The molecule has 0 amide bonds. The Hall–Kier alpha value is -2.81. The van der Waals surface area contributed by atoms with E-state index in [-0.39, 0.29) is 5.97 Å². The predicted octanol–water partition coefficient (Wildman–Crippen LogP) is 8.76. The van der Waals surface area contributed by atoms with E-state index in [2.05, 4.69) is 42.5 Å². The zero-order chi connectivity index (χ0) is 23.7. The Morgan fingerprint density at radius 2 is 1.06 bits per heavy atom. The molecule has 0 atom stereocenters. The van der Waals surface area contributed by atoms with Crippen molar-refractivity contribution in [1.29, 1.82) is 0 Å². The summed E-state index contributed by atoms with van der Waals surface area (Å²) in [6.45, 7) is 1.34. The molecular weight excluding hydrogens is 420 g/mol. The number of benzene rings is 3. The largest absolute Gasteiger partial charge is 0.494 e. The van der Waals surface area contributed by atoms with Gasteiger partial charge in [0.2, 0.25) is 0 Å². The first kappa shape index (κ1) is 25.8. The summed E-state index contributed by atoms with van der Waals surface area (Å²) in [6, 6.07) is 24.0. The molecule has 3 nitrogen and oxygen atoms in total. The highest BCUT2D eigenvalue weighted by atomic mass is 16.5. The highest BCUT2D eigenvalue weighted by Gasteiger charge is 2.05. The fraction of sp³-hybridized carbons (Fsp3) is 0.452. The average Bonchev–Trinajstić information content (AvgIpc) is 2.88. The molecule has 34 heavy (non-hydrogen) atoms. The Kier molecular flexibility index (Phi) is 12.1. The SMILES string of the molecule is O=C(OCCCCCCCCCCCCCCOc1ccc2ccccc2c1)c1ccccc1. The van der Waals surface area contributed by atoms with Gasteiger partial charge in [-0.15, -0.1) is 0 Å². The molecule has 182 valence electrons. The molecule has 3 aromatic rings. The predicted molar refractivity (Wildman–Crippen MR) is 142 cm³/mol. The third-order valence-electron chi connectivity index (χ3n) is 6.27. The van der Waals surface area contributed by atoms with Crippen molar-refractivity contribution in [2.45, 2.75) is 77.0 Å². The van der Waals surface area contributed by atoms with Gasteiger partial charge in [0.25, 0.3) is 0 Å². The Bertz CT molecular complexity index is 951. The van der Waals surface area contributed by atoms with E-state index >= 15 is 0 Å². The minimum absolute atomic E-state index is 0.210. The lowest BCUT2D eigenvalue weighted by molar-refractivity contribution is 0.0497.